The maximum Gasteiger partial charge on any atom is 0.407 e. The van der Waals surface area contributed by atoms with Gasteiger partial charge >= 0.3 is 6.09 Å². The van der Waals surface area contributed by atoms with E-state index in [-0.39, 0.29) is 12.6 Å². The van der Waals surface area contributed by atoms with Crippen molar-refractivity contribution >= 4 is 6.09 Å². The first-order valence-electron chi connectivity index (χ1n) is 8.05. The Labute approximate surface area is 143 Å². The summed E-state index contributed by atoms with van der Waals surface area (Å²) in [5.74, 6) is 0.850. The fraction of sp³-hybridized carbons (Fsp3) is 0.250. The third kappa shape index (κ3) is 6.57. The van der Waals surface area contributed by atoms with E-state index < -0.39 is 6.09 Å². The Morgan fingerprint density at radius 1 is 1.08 bits per heavy atom. The highest BCUT2D eigenvalue weighted by Crippen LogP contribution is 2.09. The molecule has 126 valence electrons. The van der Waals surface area contributed by atoms with Gasteiger partial charge in [-0.15, -0.1) is 6.58 Å². The number of ether oxygens (including phenoxy) is 2. The van der Waals surface area contributed by atoms with Crippen LogP contribution in [0.3, 0.4) is 0 Å². The lowest BCUT2D eigenvalue weighted by Gasteiger charge is -2.15. The Morgan fingerprint density at radius 3 is 2.42 bits per heavy atom. The van der Waals surface area contributed by atoms with Gasteiger partial charge in [-0.2, -0.15) is 0 Å². The molecule has 0 saturated heterocycles. The van der Waals surface area contributed by atoms with E-state index in [2.05, 4.69) is 11.9 Å². The molecule has 0 saturated carbocycles. The molecule has 1 atom stereocenters. The molecule has 2 rings (SSSR count). The van der Waals surface area contributed by atoms with E-state index in [9.17, 15) is 4.79 Å². The van der Waals surface area contributed by atoms with Crippen LogP contribution < -0.4 is 10.1 Å². The van der Waals surface area contributed by atoms with Crippen molar-refractivity contribution in [2.45, 2.75) is 25.5 Å². The molecular formula is C20H23NO3. The lowest BCUT2D eigenvalue weighted by molar-refractivity contribution is 0.136. The number of rotatable bonds is 9. The van der Waals surface area contributed by atoms with Crippen molar-refractivity contribution in [1.82, 2.24) is 5.32 Å². The topological polar surface area (TPSA) is 47.6 Å². The summed E-state index contributed by atoms with van der Waals surface area (Å²) in [6, 6.07) is 19.1. The van der Waals surface area contributed by atoms with E-state index in [1.165, 1.54) is 0 Å². The van der Waals surface area contributed by atoms with Crippen molar-refractivity contribution in [2.24, 2.45) is 0 Å². The molecule has 4 heteroatoms. The second-order valence-electron chi connectivity index (χ2n) is 5.35. The molecule has 2 aromatic carbocycles. The highest BCUT2D eigenvalue weighted by molar-refractivity contribution is 5.67. The molecule has 0 radical (unpaired) electrons. The summed E-state index contributed by atoms with van der Waals surface area (Å²) in [6.07, 6.45) is 2.83. The number of hydrogen-bond donors (Lipinski definition) is 1. The van der Waals surface area contributed by atoms with Gasteiger partial charge in [-0.3, -0.25) is 0 Å². The largest absolute Gasteiger partial charge is 0.494 e. The molecule has 0 aliphatic rings. The number of carbonyl (C=O) groups is 1. The van der Waals surface area contributed by atoms with Crippen molar-refractivity contribution in [3.63, 3.8) is 0 Å². The lowest BCUT2D eigenvalue weighted by Crippen LogP contribution is -2.34. The van der Waals surface area contributed by atoms with Gasteiger partial charge in [-0.05, 0) is 30.5 Å². The van der Waals surface area contributed by atoms with Crippen molar-refractivity contribution in [1.29, 1.82) is 0 Å². The van der Waals surface area contributed by atoms with Crippen LogP contribution in [0.2, 0.25) is 0 Å². The highest BCUT2D eigenvalue weighted by atomic mass is 16.5. The number of nitrogens with one attached hydrogen (secondary N) is 1. The fourth-order valence-electron chi connectivity index (χ4n) is 2.18. The zero-order valence-electron chi connectivity index (χ0n) is 13.7. The molecule has 1 N–H and O–H groups in total. The average Bonchev–Trinajstić information content (AvgIpc) is 2.64. The molecule has 0 spiro atoms. The fourth-order valence-corrected chi connectivity index (χ4v) is 2.18. The maximum absolute atomic E-state index is 11.8. The van der Waals surface area contributed by atoms with E-state index in [0.29, 0.717) is 6.61 Å². The lowest BCUT2D eigenvalue weighted by atomic mass is 10.1. The average molecular weight is 325 g/mol. The summed E-state index contributed by atoms with van der Waals surface area (Å²) < 4.78 is 10.8. The van der Waals surface area contributed by atoms with E-state index in [0.717, 1.165) is 24.2 Å². The number of para-hydroxylation sites is 1. The second kappa shape index (κ2) is 10.1. The molecule has 0 fully saturated rings. The molecule has 0 bridgehead atoms. The van der Waals surface area contributed by atoms with Gasteiger partial charge < -0.3 is 14.8 Å². The summed E-state index contributed by atoms with van der Waals surface area (Å²) in [7, 11) is 0. The van der Waals surface area contributed by atoms with Crippen molar-refractivity contribution in [2.75, 3.05) is 6.61 Å². The number of amides is 1. The van der Waals surface area contributed by atoms with Crippen LogP contribution in [-0.2, 0) is 11.3 Å². The van der Waals surface area contributed by atoms with Gasteiger partial charge in [-0.25, -0.2) is 4.79 Å². The monoisotopic (exact) mass is 325 g/mol. The minimum atomic E-state index is -0.437. The van der Waals surface area contributed by atoms with Gasteiger partial charge in [-0.1, -0.05) is 54.6 Å². The Balaban J connectivity index is 1.64. The summed E-state index contributed by atoms with van der Waals surface area (Å²) in [5.41, 5.74) is 0.957. The summed E-state index contributed by atoms with van der Waals surface area (Å²) >= 11 is 0. The zero-order valence-corrected chi connectivity index (χ0v) is 13.7. The highest BCUT2D eigenvalue weighted by Gasteiger charge is 2.10. The second-order valence-corrected chi connectivity index (χ2v) is 5.35. The Morgan fingerprint density at radius 2 is 1.75 bits per heavy atom. The molecule has 1 unspecified atom stereocenters. The normalized spacial score (nSPS) is 11.3. The smallest absolute Gasteiger partial charge is 0.407 e. The molecule has 0 aliphatic carbocycles. The van der Waals surface area contributed by atoms with Crippen LogP contribution in [0.1, 0.15) is 18.4 Å². The SMILES string of the molecule is C=CC(CCCOc1ccccc1)NC(=O)OCc1ccccc1. The van der Waals surface area contributed by atoms with Crippen LogP contribution in [0.4, 0.5) is 4.79 Å². The first kappa shape index (κ1) is 17.6. The minimum absolute atomic E-state index is 0.132. The predicted molar refractivity (Wildman–Crippen MR) is 94.9 cm³/mol. The number of carbonyl (C=O) groups excluding carboxylic acids is 1. The Kier molecular flexibility index (Phi) is 7.41. The molecule has 0 aromatic heterocycles. The predicted octanol–water partition coefficient (Wildman–Crippen LogP) is 4.33. The van der Waals surface area contributed by atoms with Gasteiger partial charge in [0.15, 0.2) is 0 Å². The summed E-state index contributed by atoms with van der Waals surface area (Å²) in [5, 5.41) is 2.80. The van der Waals surface area contributed by atoms with Crippen LogP contribution in [0.25, 0.3) is 0 Å². The van der Waals surface area contributed by atoms with Gasteiger partial charge in [0.1, 0.15) is 12.4 Å². The third-order valence-electron chi connectivity index (χ3n) is 3.47. The van der Waals surface area contributed by atoms with Crippen molar-refractivity contribution in [3.05, 3.63) is 78.9 Å². The van der Waals surface area contributed by atoms with Crippen LogP contribution in [0.15, 0.2) is 73.3 Å². The third-order valence-corrected chi connectivity index (χ3v) is 3.47. The van der Waals surface area contributed by atoms with Gasteiger partial charge in [0.2, 0.25) is 0 Å². The van der Waals surface area contributed by atoms with E-state index >= 15 is 0 Å². The number of alkyl carbamates (subject to hydrolysis) is 1. The maximum atomic E-state index is 11.8. The first-order chi connectivity index (χ1) is 11.8. The van der Waals surface area contributed by atoms with Crippen LogP contribution in [0, 0.1) is 0 Å². The van der Waals surface area contributed by atoms with Gasteiger partial charge in [0, 0.05) is 0 Å². The van der Waals surface area contributed by atoms with Crippen LogP contribution in [0.5, 0.6) is 5.75 Å². The van der Waals surface area contributed by atoms with Crippen LogP contribution in [-0.4, -0.2) is 18.7 Å². The van der Waals surface area contributed by atoms with Gasteiger partial charge in [0.05, 0.1) is 12.6 Å². The van der Waals surface area contributed by atoms with E-state index in [1.54, 1.807) is 6.08 Å². The molecular weight excluding hydrogens is 302 g/mol. The Bertz CT molecular complexity index is 613. The minimum Gasteiger partial charge on any atom is -0.494 e. The van der Waals surface area contributed by atoms with E-state index in [4.69, 9.17) is 9.47 Å². The quantitative estimate of drug-likeness (QED) is 0.551. The van der Waals surface area contributed by atoms with Gasteiger partial charge in [0.25, 0.3) is 0 Å². The molecule has 4 nitrogen and oxygen atoms in total. The summed E-state index contributed by atoms with van der Waals surface area (Å²) in [4.78, 5) is 11.8. The van der Waals surface area contributed by atoms with Crippen LogP contribution >= 0.6 is 0 Å². The summed E-state index contributed by atoms with van der Waals surface area (Å²) in [6.45, 7) is 4.61. The molecule has 24 heavy (non-hydrogen) atoms. The molecule has 2 aromatic rings. The molecule has 0 heterocycles. The molecule has 0 aliphatic heterocycles. The number of hydrogen-bond acceptors (Lipinski definition) is 3. The van der Waals surface area contributed by atoms with Crippen molar-refractivity contribution in [3.8, 4) is 5.75 Å². The zero-order chi connectivity index (χ0) is 17.0. The Hall–Kier alpha value is -2.75. The first-order valence-corrected chi connectivity index (χ1v) is 8.05. The molecule has 1 amide bonds. The number of benzene rings is 2. The standard InChI is InChI=1S/C20H23NO3/c1-2-18(12-9-15-23-19-13-7-4-8-14-19)21-20(22)24-16-17-10-5-3-6-11-17/h2-8,10-11,13-14,18H,1,9,12,15-16H2,(H,21,22). The van der Waals surface area contributed by atoms with E-state index in [1.807, 2.05) is 60.7 Å². The van der Waals surface area contributed by atoms with Crippen molar-refractivity contribution < 1.29 is 14.3 Å².